The number of piperidine rings is 1. The molecule has 2 nitrogen and oxygen atoms in total. The van der Waals surface area contributed by atoms with Gasteiger partial charge < -0.3 is 4.74 Å². The quantitative estimate of drug-likeness (QED) is 0.675. The van der Waals surface area contributed by atoms with Gasteiger partial charge in [-0.3, -0.25) is 4.90 Å². The molecule has 0 aromatic rings. The van der Waals surface area contributed by atoms with E-state index in [-0.39, 0.29) is 5.60 Å². The minimum atomic E-state index is 0.0604. The molecule has 0 amide bonds. The lowest BCUT2D eigenvalue weighted by Gasteiger charge is -2.42. The van der Waals surface area contributed by atoms with Crippen LogP contribution in [0.25, 0.3) is 0 Å². The zero-order valence-corrected chi connectivity index (χ0v) is 14.1. The fourth-order valence-electron chi connectivity index (χ4n) is 2.65. The first-order chi connectivity index (χ1) is 8.80. The standard InChI is InChI=1S/C17H35NO/c1-7-16(3,4)18-12-9-15(10-13-18)11-14-19-17(5,6)8-2/h15H,7-14H2,1-6H3. The molecule has 114 valence electrons. The van der Waals surface area contributed by atoms with Crippen molar-refractivity contribution in [2.45, 2.75) is 84.8 Å². The predicted molar refractivity (Wildman–Crippen MR) is 83.6 cm³/mol. The lowest BCUT2D eigenvalue weighted by Crippen LogP contribution is -2.47. The average molecular weight is 269 g/mol. The van der Waals surface area contributed by atoms with Crippen molar-refractivity contribution in [3.63, 3.8) is 0 Å². The lowest BCUT2D eigenvalue weighted by molar-refractivity contribution is -0.0304. The van der Waals surface area contributed by atoms with Crippen LogP contribution in [0.3, 0.4) is 0 Å². The van der Waals surface area contributed by atoms with E-state index in [1.807, 2.05) is 0 Å². The van der Waals surface area contributed by atoms with Gasteiger partial charge in [0.05, 0.1) is 5.60 Å². The molecular weight excluding hydrogens is 234 g/mol. The van der Waals surface area contributed by atoms with Gasteiger partial charge in [0.25, 0.3) is 0 Å². The summed E-state index contributed by atoms with van der Waals surface area (Å²) in [6.45, 7) is 17.1. The van der Waals surface area contributed by atoms with Crippen LogP contribution >= 0.6 is 0 Å². The van der Waals surface area contributed by atoms with Crippen molar-refractivity contribution in [2.75, 3.05) is 19.7 Å². The average Bonchev–Trinajstić information content (AvgIpc) is 2.39. The Morgan fingerprint density at radius 2 is 1.58 bits per heavy atom. The highest BCUT2D eigenvalue weighted by Gasteiger charge is 2.29. The van der Waals surface area contributed by atoms with Crippen LogP contribution in [0.5, 0.6) is 0 Å². The highest BCUT2D eigenvalue weighted by molar-refractivity contribution is 4.84. The zero-order chi connectivity index (χ0) is 14.5. The van der Waals surface area contributed by atoms with Crippen LogP contribution in [0, 0.1) is 5.92 Å². The molecule has 0 N–H and O–H groups in total. The van der Waals surface area contributed by atoms with Crippen LogP contribution in [-0.4, -0.2) is 35.7 Å². The molecule has 0 unspecified atom stereocenters. The number of rotatable bonds is 7. The van der Waals surface area contributed by atoms with E-state index < -0.39 is 0 Å². The molecule has 0 bridgehead atoms. The van der Waals surface area contributed by atoms with E-state index in [0.29, 0.717) is 5.54 Å². The summed E-state index contributed by atoms with van der Waals surface area (Å²) in [4.78, 5) is 2.67. The minimum absolute atomic E-state index is 0.0604. The summed E-state index contributed by atoms with van der Waals surface area (Å²) in [5, 5.41) is 0. The molecule has 0 spiro atoms. The van der Waals surface area contributed by atoms with E-state index in [9.17, 15) is 0 Å². The smallest absolute Gasteiger partial charge is 0.0623 e. The maximum atomic E-state index is 5.98. The normalized spacial score (nSPS) is 19.9. The summed E-state index contributed by atoms with van der Waals surface area (Å²) in [5.74, 6) is 0.872. The molecule has 1 rings (SSSR count). The van der Waals surface area contributed by atoms with Crippen LogP contribution in [-0.2, 0) is 4.74 Å². The van der Waals surface area contributed by atoms with E-state index in [1.54, 1.807) is 0 Å². The maximum absolute atomic E-state index is 5.98. The van der Waals surface area contributed by atoms with Gasteiger partial charge in [-0.15, -0.1) is 0 Å². The number of hydrogen-bond acceptors (Lipinski definition) is 2. The van der Waals surface area contributed by atoms with Gasteiger partial charge in [0.15, 0.2) is 0 Å². The molecule has 0 aromatic heterocycles. The maximum Gasteiger partial charge on any atom is 0.0623 e. The Hall–Kier alpha value is -0.0800. The second-order valence-electron chi connectivity index (χ2n) is 7.35. The highest BCUT2D eigenvalue weighted by atomic mass is 16.5. The van der Waals surface area contributed by atoms with Gasteiger partial charge in [0.2, 0.25) is 0 Å². The molecule has 0 radical (unpaired) electrons. The van der Waals surface area contributed by atoms with Crippen molar-refractivity contribution in [2.24, 2.45) is 5.92 Å². The first-order valence-electron chi connectivity index (χ1n) is 8.19. The molecule has 0 saturated carbocycles. The van der Waals surface area contributed by atoms with Crippen LogP contribution in [0.2, 0.25) is 0 Å². The van der Waals surface area contributed by atoms with Crippen molar-refractivity contribution in [1.29, 1.82) is 0 Å². The number of hydrogen-bond donors (Lipinski definition) is 0. The molecule has 1 heterocycles. The molecule has 1 saturated heterocycles. The Morgan fingerprint density at radius 3 is 2.05 bits per heavy atom. The fraction of sp³-hybridized carbons (Fsp3) is 1.00. The predicted octanol–water partition coefficient (Wildman–Crippen LogP) is 4.48. The second-order valence-corrected chi connectivity index (χ2v) is 7.35. The first-order valence-corrected chi connectivity index (χ1v) is 8.19. The van der Waals surface area contributed by atoms with Gasteiger partial charge in [-0.25, -0.2) is 0 Å². The van der Waals surface area contributed by atoms with Gasteiger partial charge >= 0.3 is 0 Å². The third kappa shape index (κ3) is 5.43. The van der Waals surface area contributed by atoms with E-state index in [1.165, 1.54) is 38.8 Å². The van der Waals surface area contributed by atoms with Gasteiger partial charge in [-0.1, -0.05) is 13.8 Å². The third-order valence-corrected chi connectivity index (χ3v) is 5.21. The van der Waals surface area contributed by atoms with Gasteiger partial charge in [-0.2, -0.15) is 0 Å². The monoisotopic (exact) mass is 269 g/mol. The summed E-state index contributed by atoms with van der Waals surface area (Å²) in [6, 6.07) is 0. The lowest BCUT2D eigenvalue weighted by atomic mass is 9.89. The molecule has 1 aliphatic heterocycles. The Morgan fingerprint density at radius 1 is 1.00 bits per heavy atom. The Balaban J connectivity index is 2.24. The van der Waals surface area contributed by atoms with E-state index in [4.69, 9.17) is 4.74 Å². The molecule has 2 heteroatoms. The number of likely N-dealkylation sites (tertiary alicyclic amines) is 1. The van der Waals surface area contributed by atoms with Gasteiger partial charge in [0.1, 0.15) is 0 Å². The van der Waals surface area contributed by atoms with E-state index in [0.717, 1.165) is 18.9 Å². The summed E-state index contributed by atoms with van der Waals surface area (Å²) in [6.07, 6.45) is 6.27. The van der Waals surface area contributed by atoms with Crippen LogP contribution < -0.4 is 0 Å². The Kier molecular flexibility index (Phi) is 6.32. The molecule has 1 aliphatic rings. The Bertz CT molecular complexity index is 249. The largest absolute Gasteiger partial charge is 0.376 e. The van der Waals surface area contributed by atoms with Crippen molar-refractivity contribution < 1.29 is 4.74 Å². The van der Waals surface area contributed by atoms with Crippen LogP contribution in [0.15, 0.2) is 0 Å². The summed E-state index contributed by atoms with van der Waals surface area (Å²) in [5.41, 5.74) is 0.441. The number of nitrogens with zero attached hydrogens (tertiary/aromatic N) is 1. The Labute approximate surface area is 120 Å². The van der Waals surface area contributed by atoms with Gasteiger partial charge in [0, 0.05) is 12.1 Å². The van der Waals surface area contributed by atoms with E-state index >= 15 is 0 Å². The topological polar surface area (TPSA) is 12.5 Å². The SMILES string of the molecule is CCC(C)(C)OCCC1CCN(C(C)(C)CC)CC1. The van der Waals surface area contributed by atoms with Crippen molar-refractivity contribution in [3.8, 4) is 0 Å². The molecule has 0 aliphatic carbocycles. The van der Waals surface area contributed by atoms with Crippen molar-refractivity contribution in [1.82, 2.24) is 4.90 Å². The summed E-state index contributed by atoms with van der Waals surface area (Å²) < 4.78 is 5.98. The molecule has 0 aromatic carbocycles. The minimum Gasteiger partial charge on any atom is -0.376 e. The van der Waals surface area contributed by atoms with Crippen LogP contribution in [0.4, 0.5) is 0 Å². The van der Waals surface area contributed by atoms with Crippen molar-refractivity contribution >= 4 is 0 Å². The van der Waals surface area contributed by atoms with Crippen LogP contribution in [0.1, 0.15) is 73.6 Å². The van der Waals surface area contributed by atoms with E-state index in [2.05, 4.69) is 46.4 Å². The van der Waals surface area contributed by atoms with Gasteiger partial charge in [-0.05, 0) is 78.8 Å². The summed E-state index contributed by atoms with van der Waals surface area (Å²) >= 11 is 0. The zero-order valence-electron chi connectivity index (χ0n) is 14.1. The number of ether oxygens (including phenoxy) is 1. The third-order valence-electron chi connectivity index (χ3n) is 5.21. The van der Waals surface area contributed by atoms with Crippen molar-refractivity contribution in [3.05, 3.63) is 0 Å². The highest BCUT2D eigenvalue weighted by Crippen LogP contribution is 2.28. The molecular formula is C17H35NO. The summed E-state index contributed by atoms with van der Waals surface area (Å²) in [7, 11) is 0. The fourth-order valence-corrected chi connectivity index (χ4v) is 2.65. The second kappa shape index (κ2) is 7.08. The molecule has 1 fully saturated rings. The first kappa shape index (κ1) is 17.0. The molecule has 19 heavy (non-hydrogen) atoms. The molecule has 0 atom stereocenters.